The summed E-state index contributed by atoms with van der Waals surface area (Å²) in [7, 11) is 0. The molecule has 2 aromatic heterocycles. The molecule has 2 rings (SSSR count). The molecule has 0 atom stereocenters. The van der Waals surface area contributed by atoms with Gasteiger partial charge in [-0.1, -0.05) is 13.8 Å². The highest BCUT2D eigenvalue weighted by molar-refractivity contribution is 5.73. The summed E-state index contributed by atoms with van der Waals surface area (Å²) in [4.78, 5) is 13.0. The first kappa shape index (κ1) is 10.1. The van der Waals surface area contributed by atoms with Crippen LogP contribution in [0.5, 0.6) is 0 Å². The number of aromatic nitrogens is 4. The van der Waals surface area contributed by atoms with E-state index in [-0.39, 0.29) is 0 Å². The Balaban J connectivity index is 2.69. The van der Waals surface area contributed by atoms with Crippen molar-refractivity contribution in [3.05, 3.63) is 18.3 Å². The van der Waals surface area contributed by atoms with Crippen LogP contribution in [-0.2, 0) is 0 Å². The molecule has 0 aliphatic rings. The highest BCUT2D eigenvalue weighted by atomic mass is 15.1. The molecular weight excluding hydrogens is 188 g/mol. The molecule has 0 saturated heterocycles. The molecule has 0 saturated carbocycles. The van der Waals surface area contributed by atoms with Crippen molar-refractivity contribution in [1.82, 2.24) is 19.5 Å². The van der Waals surface area contributed by atoms with Gasteiger partial charge in [-0.3, -0.25) is 0 Å². The normalized spacial score (nSPS) is 11.9. The first-order valence-corrected chi connectivity index (χ1v) is 5.28. The number of hydrogen-bond donors (Lipinski definition) is 0. The van der Waals surface area contributed by atoms with Gasteiger partial charge in [-0.25, -0.2) is 15.0 Å². The Morgan fingerprint density at radius 3 is 2.40 bits per heavy atom. The smallest absolute Gasteiger partial charge is 0.163 e. The third kappa shape index (κ3) is 1.60. The second-order valence-electron chi connectivity index (χ2n) is 4.33. The van der Waals surface area contributed by atoms with Crippen molar-refractivity contribution < 1.29 is 0 Å². The molecule has 0 amide bonds. The van der Waals surface area contributed by atoms with E-state index < -0.39 is 0 Å². The minimum absolute atomic E-state index is 0.380. The molecule has 2 heterocycles. The van der Waals surface area contributed by atoms with Crippen LogP contribution in [0.4, 0.5) is 0 Å². The summed E-state index contributed by atoms with van der Waals surface area (Å²) in [6.45, 7) is 8.49. The molecule has 0 fully saturated rings. The first-order chi connectivity index (χ1) is 7.11. The summed E-state index contributed by atoms with van der Waals surface area (Å²) in [6, 6.07) is 0.380. The maximum Gasteiger partial charge on any atom is 0.163 e. The first-order valence-electron chi connectivity index (χ1n) is 5.28. The summed E-state index contributed by atoms with van der Waals surface area (Å²) in [5, 5.41) is 0. The maximum atomic E-state index is 4.40. The van der Waals surface area contributed by atoms with Crippen LogP contribution in [0.1, 0.15) is 45.3 Å². The van der Waals surface area contributed by atoms with Crippen molar-refractivity contribution in [2.75, 3.05) is 0 Å². The quantitative estimate of drug-likeness (QED) is 0.755. The van der Waals surface area contributed by atoms with Gasteiger partial charge in [-0.05, 0) is 19.8 Å². The highest BCUT2D eigenvalue weighted by Gasteiger charge is 2.13. The van der Waals surface area contributed by atoms with Crippen molar-refractivity contribution in [3.63, 3.8) is 0 Å². The summed E-state index contributed by atoms with van der Waals surface area (Å²) in [5.41, 5.74) is 2.89. The van der Waals surface area contributed by atoms with Gasteiger partial charge in [-0.2, -0.15) is 0 Å². The lowest BCUT2D eigenvalue weighted by Gasteiger charge is -2.08. The average Bonchev–Trinajstić information content (AvgIpc) is 2.59. The minimum Gasteiger partial charge on any atom is -0.313 e. The van der Waals surface area contributed by atoms with Gasteiger partial charge in [0.2, 0.25) is 0 Å². The zero-order valence-corrected chi connectivity index (χ0v) is 9.60. The van der Waals surface area contributed by atoms with Crippen molar-refractivity contribution in [3.8, 4) is 0 Å². The van der Waals surface area contributed by atoms with Crippen LogP contribution in [-0.4, -0.2) is 19.5 Å². The van der Waals surface area contributed by atoms with Crippen LogP contribution >= 0.6 is 0 Å². The fourth-order valence-corrected chi connectivity index (χ4v) is 1.67. The maximum absolute atomic E-state index is 4.40. The molecule has 80 valence electrons. The fraction of sp³-hybridized carbons (Fsp3) is 0.545. The zero-order chi connectivity index (χ0) is 11.0. The summed E-state index contributed by atoms with van der Waals surface area (Å²) >= 11 is 0. The van der Waals surface area contributed by atoms with Crippen molar-refractivity contribution in [1.29, 1.82) is 0 Å². The molecule has 0 bridgehead atoms. The van der Waals surface area contributed by atoms with Gasteiger partial charge in [0.15, 0.2) is 5.65 Å². The molecule has 0 unspecified atom stereocenters. The number of hydrogen-bond acceptors (Lipinski definition) is 3. The molecule has 15 heavy (non-hydrogen) atoms. The van der Waals surface area contributed by atoms with E-state index in [9.17, 15) is 0 Å². The van der Waals surface area contributed by atoms with Gasteiger partial charge in [0.05, 0.1) is 12.0 Å². The Morgan fingerprint density at radius 2 is 1.80 bits per heavy atom. The van der Waals surface area contributed by atoms with E-state index >= 15 is 0 Å². The number of fused-ring (bicyclic) bond motifs is 1. The Bertz CT molecular complexity index is 470. The topological polar surface area (TPSA) is 43.6 Å². The zero-order valence-electron chi connectivity index (χ0n) is 9.60. The van der Waals surface area contributed by atoms with E-state index in [4.69, 9.17) is 0 Å². The van der Waals surface area contributed by atoms with Crippen molar-refractivity contribution >= 4 is 11.2 Å². The largest absolute Gasteiger partial charge is 0.313 e. The summed E-state index contributed by atoms with van der Waals surface area (Å²) < 4.78 is 2.07. The average molecular weight is 204 g/mol. The monoisotopic (exact) mass is 204 g/mol. The molecule has 4 heteroatoms. The van der Waals surface area contributed by atoms with Crippen LogP contribution in [0.3, 0.4) is 0 Å². The third-order valence-corrected chi connectivity index (χ3v) is 2.49. The van der Waals surface area contributed by atoms with Crippen LogP contribution in [0.2, 0.25) is 0 Å². The lowest BCUT2D eigenvalue weighted by molar-refractivity contribution is 0.612. The van der Waals surface area contributed by atoms with Crippen LogP contribution in [0, 0.1) is 0 Å². The van der Waals surface area contributed by atoms with Gasteiger partial charge in [0, 0.05) is 6.04 Å². The SMILES string of the molecule is CC(C)c1ncnc2c1ncn2C(C)C. The Morgan fingerprint density at radius 1 is 1.07 bits per heavy atom. The number of rotatable bonds is 2. The van der Waals surface area contributed by atoms with E-state index in [1.54, 1.807) is 6.33 Å². The third-order valence-electron chi connectivity index (χ3n) is 2.49. The lowest BCUT2D eigenvalue weighted by Crippen LogP contribution is -2.01. The molecule has 0 aromatic carbocycles. The molecule has 0 spiro atoms. The lowest BCUT2D eigenvalue weighted by atomic mass is 10.1. The second kappa shape index (κ2) is 3.61. The number of imidazole rings is 1. The van der Waals surface area contributed by atoms with Gasteiger partial charge < -0.3 is 4.57 Å². The predicted octanol–water partition coefficient (Wildman–Crippen LogP) is 2.53. The van der Waals surface area contributed by atoms with Gasteiger partial charge in [-0.15, -0.1) is 0 Å². The molecule has 0 aliphatic heterocycles. The van der Waals surface area contributed by atoms with Crippen molar-refractivity contribution in [2.24, 2.45) is 0 Å². The summed E-state index contributed by atoms with van der Waals surface area (Å²) in [5.74, 6) is 0.381. The molecule has 0 aliphatic carbocycles. The van der Waals surface area contributed by atoms with Crippen LogP contribution in [0.15, 0.2) is 12.7 Å². The van der Waals surface area contributed by atoms with Crippen LogP contribution < -0.4 is 0 Å². The van der Waals surface area contributed by atoms with E-state index in [0.717, 1.165) is 16.9 Å². The Hall–Kier alpha value is -1.45. The second-order valence-corrected chi connectivity index (χ2v) is 4.33. The Kier molecular flexibility index (Phi) is 2.42. The van der Waals surface area contributed by atoms with Crippen molar-refractivity contribution in [2.45, 2.75) is 39.7 Å². The molecule has 0 radical (unpaired) electrons. The van der Waals surface area contributed by atoms with E-state index in [2.05, 4.69) is 47.2 Å². The predicted molar refractivity (Wildman–Crippen MR) is 59.8 cm³/mol. The van der Waals surface area contributed by atoms with E-state index in [1.807, 2.05) is 6.33 Å². The molecule has 4 nitrogen and oxygen atoms in total. The highest BCUT2D eigenvalue weighted by Crippen LogP contribution is 2.21. The minimum atomic E-state index is 0.380. The van der Waals surface area contributed by atoms with Gasteiger partial charge in [0.25, 0.3) is 0 Å². The number of nitrogens with zero attached hydrogens (tertiary/aromatic N) is 4. The van der Waals surface area contributed by atoms with Crippen LogP contribution in [0.25, 0.3) is 11.2 Å². The van der Waals surface area contributed by atoms with E-state index in [1.165, 1.54) is 0 Å². The van der Waals surface area contributed by atoms with Gasteiger partial charge >= 0.3 is 0 Å². The standard InChI is InChI=1S/C11H16N4/c1-7(2)9-10-11(13-5-12-9)15(6-14-10)8(3)4/h5-8H,1-4H3. The molecule has 2 aromatic rings. The van der Waals surface area contributed by atoms with E-state index in [0.29, 0.717) is 12.0 Å². The fourth-order valence-electron chi connectivity index (χ4n) is 1.67. The molecule has 0 N–H and O–H groups in total. The Labute approximate surface area is 89.4 Å². The van der Waals surface area contributed by atoms with Gasteiger partial charge in [0.1, 0.15) is 11.8 Å². The summed E-state index contributed by atoms with van der Waals surface area (Å²) in [6.07, 6.45) is 3.47. The molecular formula is C11H16N4.